The molecule has 0 saturated heterocycles. The molecule has 0 aliphatic heterocycles. The molecule has 0 spiro atoms. The molecule has 2 aromatic rings. The second-order valence-electron chi connectivity index (χ2n) is 3.26. The molecule has 2 aromatic heterocycles. The molecular formula is C9H11N7. The summed E-state index contributed by atoms with van der Waals surface area (Å²) in [5, 5.41) is 3.50. The minimum Gasteiger partial charge on any atom is -0.331 e. The van der Waals surface area contributed by atoms with Gasteiger partial charge >= 0.3 is 0 Å². The molecule has 7 heteroatoms. The Morgan fingerprint density at radius 1 is 1.31 bits per heavy atom. The van der Waals surface area contributed by atoms with Crippen molar-refractivity contribution in [3.05, 3.63) is 35.2 Å². The molecule has 7 nitrogen and oxygen atoms in total. The Bertz CT molecular complexity index is 517. The van der Waals surface area contributed by atoms with Crippen LogP contribution in [0.2, 0.25) is 0 Å². The maximum atomic E-state index is 8.21. The largest absolute Gasteiger partial charge is 0.331 e. The molecular weight excluding hydrogens is 206 g/mol. The fourth-order valence-corrected chi connectivity index (χ4v) is 1.47. The minimum absolute atomic E-state index is 0.407. The molecule has 0 N–H and O–H groups in total. The third-order valence-corrected chi connectivity index (χ3v) is 2.24. The van der Waals surface area contributed by atoms with Gasteiger partial charge in [0.2, 0.25) is 0 Å². The van der Waals surface area contributed by atoms with Crippen molar-refractivity contribution in [2.75, 3.05) is 6.54 Å². The number of nitrogens with zero attached hydrogens (tertiary/aromatic N) is 7. The lowest BCUT2D eigenvalue weighted by molar-refractivity contribution is 0.704. The summed E-state index contributed by atoms with van der Waals surface area (Å²) in [7, 11) is 1.91. The molecule has 0 aromatic carbocycles. The summed E-state index contributed by atoms with van der Waals surface area (Å²) in [5.41, 5.74) is 8.21. The van der Waals surface area contributed by atoms with E-state index in [4.69, 9.17) is 5.53 Å². The predicted octanol–water partition coefficient (Wildman–Crippen LogP) is 1.59. The highest BCUT2D eigenvalue weighted by Crippen LogP contribution is 2.13. The minimum atomic E-state index is 0.407. The van der Waals surface area contributed by atoms with Gasteiger partial charge in [0.05, 0.1) is 0 Å². The Hall–Kier alpha value is -2.27. The zero-order chi connectivity index (χ0) is 11.4. The molecule has 2 heterocycles. The third-order valence-electron chi connectivity index (χ3n) is 2.24. The van der Waals surface area contributed by atoms with E-state index in [9.17, 15) is 0 Å². The van der Waals surface area contributed by atoms with Crippen LogP contribution < -0.4 is 0 Å². The highest BCUT2D eigenvalue weighted by Gasteiger charge is 2.09. The second-order valence-corrected chi connectivity index (χ2v) is 3.26. The van der Waals surface area contributed by atoms with Crippen LogP contribution in [0.4, 0.5) is 0 Å². The lowest BCUT2D eigenvalue weighted by Gasteiger charge is -2.05. The van der Waals surface area contributed by atoms with Crippen molar-refractivity contribution in [1.82, 2.24) is 19.1 Å². The SMILES string of the molecule is Cn1ccnc1-c1nccn1CCN=[N+]=[N-]. The van der Waals surface area contributed by atoms with Gasteiger partial charge in [0.25, 0.3) is 0 Å². The fourth-order valence-electron chi connectivity index (χ4n) is 1.47. The van der Waals surface area contributed by atoms with Crippen LogP contribution in [0, 0.1) is 0 Å². The van der Waals surface area contributed by atoms with E-state index in [1.54, 1.807) is 12.4 Å². The van der Waals surface area contributed by atoms with E-state index in [-0.39, 0.29) is 0 Å². The van der Waals surface area contributed by atoms with Crippen molar-refractivity contribution in [3.8, 4) is 11.6 Å². The van der Waals surface area contributed by atoms with Crippen molar-refractivity contribution in [2.45, 2.75) is 6.54 Å². The van der Waals surface area contributed by atoms with E-state index in [1.165, 1.54) is 0 Å². The number of aromatic nitrogens is 4. The lowest BCUT2D eigenvalue weighted by Crippen LogP contribution is -2.04. The predicted molar refractivity (Wildman–Crippen MR) is 58.4 cm³/mol. The van der Waals surface area contributed by atoms with Crippen LogP contribution in [0.15, 0.2) is 29.9 Å². The van der Waals surface area contributed by atoms with Gasteiger partial charge in [-0.25, -0.2) is 9.97 Å². The van der Waals surface area contributed by atoms with Crippen LogP contribution in [-0.4, -0.2) is 25.6 Å². The molecule has 0 aliphatic rings. The van der Waals surface area contributed by atoms with Crippen LogP contribution >= 0.6 is 0 Å². The van der Waals surface area contributed by atoms with E-state index in [2.05, 4.69) is 20.0 Å². The first-order valence-electron chi connectivity index (χ1n) is 4.82. The van der Waals surface area contributed by atoms with Gasteiger partial charge in [-0.05, 0) is 5.53 Å². The van der Waals surface area contributed by atoms with Crippen molar-refractivity contribution < 1.29 is 0 Å². The van der Waals surface area contributed by atoms with E-state index in [0.29, 0.717) is 13.1 Å². The molecule has 0 radical (unpaired) electrons. The summed E-state index contributed by atoms with van der Waals surface area (Å²) in [5.74, 6) is 1.58. The lowest BCUT2D eigenvalue weighted by atomic mass is 10.5. The maximum absolute atomic E-state index is 8.21. The van der Waals surface area contributed by atoms with Gasteiger partial charge in [-0.15, -0.1) is 0 Å². The summed E-state index contributed by atoms with van der Waals surface area (Å²) in [6.45, 7) is 1.01. The monoisotopic (exact) mass is 217 g/mol. The Kier molecular flexibility index (Phi) is 2.88. The first-order chi connectivity index (χ1) is 7.83. The van der Waals surface area contributed by atoms with E-state index in [1.807, 2.05) is 28.6 Å². The van der Waals surface area contributed by atoms with Gasteiger partial charge in [-0.3, -0.25) is 0 Å². The standard InChI is InChI=1S/C9H11N7/c1-15-5-2-11-8(15)9-12-3-6-16(9)7-4-13-14-10/h2-3,5-6H,4,7H2,1H3. The number of hydrogen-bond donors (Lipinski definition) is 0. The van der Waals surface area contributed by atoms with Crippen LogP contribution in [-0.2, 0) is 13.6 Å². The van der Waals surface area contributed by atoms with Crippen LogP contribution in [0.5, 0.6) is 0 Å². The summed E-state index contributed by atoms with van der Waals surface area (Å²) in [6.07, 6.45) is 7.14. The first-order valence-corrected chi connectivity index (χ1v) is 4.82. The van der Waals surface area contributed by atoms with Crippen LogP contribution in [0.25, 0.3) is 22.1 Å². The highest BCUT2D eigenvalue weighted by molar-refractivity contribution is 5.44. The van der Waals surface area contributed by atoms with Gasteiger partial charge in [-0.1, -0.05) is 5.11 Å². The van der Waals surface area contributed by atoms with Crippen molar-refractivity contribution >= 4 is 0 Å². The average Bonchev–Trinajstić information content (AvgIpc) is 2.87. The Labute approximate surface area is 92.0 Å². The molecule has 2 rings (SSSR count). The van der Waals surface area contributed by atoms with E-state index >= 15 is 0 Å². The van der Waals surface area contributed by atoms with Crippen LogP contribution in [0.1, 0.15) is 0 Å². The zero-order valence-electron chi connectivity index (χ0n) is 8.85. The fraction of sp³-hybridized carbons (Fsp3) is 0.333. The normalized spacial score (nSPS) is 10.1. The van der Waals surface area contributed by atoms with Crippen molar-refractivity contribution in [3.63, 3.8) is 0 Å². The molecule has 0 aliphatic carbocycles. The highest BCUT2D eigenvalue weighted by atomic mass is 15.2. The molecule has 0 bridgehead atoms. The molecule has 0 fully saturated rings. The summed E-state index contributed by atoms with van der Waals surface area (Å²) >= 11 is 0. The molecule has 0 atom stereocenters. The number of imidazole rings is 2. The molecule has 0 amide bonds. The topological polar surface area (TPSA) is 84.4 Å². The Morgan fingerprint density at radius 2 is 2.06 bits per heavy atom. The number of hydrogen-bond acceptors (Lipinski definition) is 3. The number of aryl methyl sites for hydroxylation is 1. The van der Waals surface area contributed by atoms with E-state index in [0.717, 1.165) is 11.6 Å². The second kappa shape index (κ2) is 4.50. The van der Waals surface area contributed by atoms with Gasteiger partial charge < -0.3 is 9.13 Å². The smallest absolute Gasteiger partial charge is 0.176 e. The Balaban J connectivity index is 2.25. The Morgan fingerprint density at radius 3 is 2.75 bits per heavy atom. The van der Waals surface area contributed by atoms with Crippen molar-refractivity contribution in [1.29, 1.82) is 0 Å². The van der Waals surface area contributed by atoms with Gasteiger partial charge in [-0.2, -0.15) is 0 Å². The zero-order valence-corrected chi connectivity index (χ0v) is 8.85. The third kappa shape index (κ3) is 1.89. The summed E-state index contributed by atoms with van der Waals surface area (Å²) in [6, 6.07) is 0. The van der Waals surface area contributed by atoms with Gasteiger partial charge in [0, 0.05) is 49.8 Å². The first kappa shape index (κ1) is 10.3. The molecule has 16 heavy (non-hydrogen) atoms. The quantitative estimate of drug-likeness (QED) is 0.442. The number of rotatable bonds is 4. The van der Waals surface area contributed by atoms with E-state index < -0.39 is 0 Å². The molecule has 0 unspecified atom stereocenters. The summed E-state index contributed by atoms with van der Waals surface area (Å²) < 4.78 is 3.81. The van der Waals surface area contributed by atoms with Crippen molar-refractivity contribution in [2.24, 2.45) is 12.2 Å². The maximum Gasteiger partial charge on any atom is 0.176 e. The average molecular weight is 217 g/mol. The molecule has 0 saturated carbocycles. The van der Waals surface area contributed by atoms with Crippen LogP contribution in [0.3, 0.4) is 0 Å². The molecule has 82 valence electrons. The van der Waals surface area contributed by atoms with Gasteiger partial charge in [0.1, 0.15) is 0 Å². The van der Waals surface area contributed by atoms with Gasteiger partial charge in [0.15, 0.2) is 11.6 Å². The number of azide groups is 1. The summed E-state index contributed by atoms with van der Waals surface area (Å²) in [4.78, 5) is 11.2.